The summed E-state index contributed by atoms with van der Waals surface area (Å²) in [6.07, 6.45) is 2.02. The highest BCUT2D eigenvalue weighted by molar-refractivity contribution is 9.10. The molecule has 0 amide bonds. The van der Waals surface area contributed by atoms with Crippen LogP contribution in [-0.4, -0.2) is 5.16 Å². The molecule has 0 spiro atoms. The van der Waals surface area contributed by atoms with Gasteiger partial charge in [0, 0.05) is 15.6 Å². The first-order valence-corrected chi connectivity index (χ1v) is 6.53. The molecular formula is C13H13BrN2O. The Balaban J connectivity index is 2.26. The summed E-state index contributed by atoms with van der Waals surface area (Å²) in [4.78, 5) is 0. The Labute approximate surface area is 108 Å². The van der Waals surface area contributed by atoms with Crippen molar-refractivity contribution >= 4 is 21.7 Å². The monoisotopic (exact) mass is 292 g/mol. The maximum atomic E-state index is 5.86. The lowest BCUT2D eigenvalue weighted by molar-refractivity contribution is 0.432. The lowest BCUT2D eigenvalue weighted by Crippen LogP contribution is -2.10. The number of nitrogens with two attached hydrogens (primary N) is 1. The smallest absolute Gasteiger partial charge is 0.172 e. The van der Waals surface area contributed by atoms with Crippen LogP contribution < -0.4 is 5.73 Å². The fraction of sp³-hybridized carbons (Fsp3) is 0.308. The minimum absolute atomic E-state index is 0.507. The molecule has 0 saturated carbocycles. The van der Waals surface area contributed by atoms with Crippen molar-refractivity contribution in [2.24, 2.45) is 0 Å². The van der Waals surface area contributed by atoms with Crippen molar-refractivity contribution in [2.75, 3.05) is 5.73 Å². The lowest BCUT2D eigenvalue weighted by atomic mass is 9.81. The van der Waals surface area contributed by atoms with E-state index < -0.39 is 0 Å². The van der Waals surface area contributed by atoms with E-state index in [1.165, 1.54) is 5.56 Å². The van der Waals surface area contributed by atoms with Gasteiger partial charge in [-0.05, 0) is 36.5 Å². The maximum absolute atomic E-state index is 5.86. The molecule has 4 heteroatoms. The summed E-state index contributed by atoms with van der Waals surface area (Å²) in [5, 5.41) is 3.88. The Kier molecular flexibility index (Phi) is 2.47. The molecule has 3 rings (SSSR count). The number of benzene rings is 1. The van der Waals surface area contributed by atoms with Crippen LogP contribution >= 0.6 is 15.9 Å². The van der Waals surface area contributed by atoms with Crippen LogP contribution in [0.2, 0.25) is 0 Å². The molecule has 0 unspecified atom stereocenters. The quantitative estimate of drug-likeness (QED) is 0.871. The highest BCUT2D eigenvalue weighted by Gasteiger charge is 2.29. The summed E-state index contributed by atoms with van der Waals surface area (Å²) in [5.74, 6) is 1.87. The molecule has 1 aromatic heterocycles. The molecule has 88 valence electrons. The second kappa shape index (κ2) is 3.88. The van der Waals surface area contributed by atoms with Gasteiger partial charge in [0.15, 0.2) is 11.6 Å². The van der Waals surface area contributed by atoms with E-state index in [1.54, 1.807) is 0 Å². The molecule has 1 heterocycles. The van der Waals surface area contributed by atoms with E-state index in [4.69, 9.17) is 10.3 Å². The molecule has 1 aliphatic carbocycles. The van der Waals surface area contributed by atoms with Crippen LogP contribution in [0.15, 0.2) is 27.2 Å². The molecule has 3 nitrogen and oxygen atoms in total. The standard InChI is InChI=1S/C13H13BrN2O/c1-2-7-5-11-12(17-16-13(11)15)10-6-8(14)3-4-9(7)10/h3-4,6-7H,2,5H2,1H3,(H2,15,16)/t7-/m1/s1. The average Bonchev–Trinajstić information content (AvgIpc) is 2.70. The zero-order valence-electron chi connectivity index (χ0n) is 9.53. The van der Waals surface area contributed by atoms with Crippen molar-refractivity contribution in [3.05, 3.63) is 33.8 Å². The number of nitrogen functional groups attached to an aromatic ring is 1. The number of aromatic nitrogens is 1. The molecule has 1 aliphatic rings. The van der Waals surface area contributed by atoms with Crippen molar-refractivity contribution in [2.45, 2.75) is 25.7 Å². The van der Waals surface area contributed by atoms with Crippen LogP contribution in [0.5, 0.6) is 0 Å². The fourth-order valence-electron chi connectivity index (χ4n) is 2.53. The normalized spacial score (nSPS) is 17.6. The van der Waals surface area contributed by atoms with E-state index in [1.807, 2.05) is 0 Å². The summed E-state index contributed by atoms with van der Waals surface area (Å²) in [7, 11) is 0. The third-order valence-electron chi connectivity index (χ3n) is 3.46. The zero-order valence-corrected chi connectivity index (χ0v) is 11.1. The minimum atomic E-state index is 0.507. The van der Waals surface area contributed by atoms with Crippen molar-refractivity contribution in [1.82, 2.24) is 5.16 Å². The number of rotatable bonds is 1. The van der Waals surface area contributed by atoms with Crippen LogP contribution in [-0.2, 0) is 6.42 Å². The van der Waals surface area contributed by atoms with Crippen LogP contribution in [0.3, 0.4) is 0 Å². The number of fused-ring (bicyclic) bond motifs is 3. The summed E-state index contributed by atoms with van der Waals surface area (Å²) < 4.78 is 6.42. The van der Waals surface area contributed by atoms with E-state index in [2.05, 4.69) is 46.2 Å². The summed E-state index contributed by atoms with van der Waals surface area (Å²) in [5.41, 5.74) is 9.37. The first-order valence-electron chi connectivity index (χ1n) is 5.74. The number of nitrogens with zero attached hydrogens (tertiary/aromatic N) is 1. The molecule has 1 aromatic carbocycles. The van der Waals surface area contributed by atoms with Gasteiger partial charge in [-0.15, -0.1) is 0 Å². The van der Waals surface area contributed by atoms with Crippen molar-refractivity contribution in [1.29, 1.82) is 0 Å². The second-order valence-electron chi connectivity index (χ2n) is 4.42. The summed E-state index contributed by atoms with van der Waals surface area (Å²) in [6.45, 7) is 2.20. The third kappa shape index (κ3) is 1.59. The van der Waals surface area contributed by atoms with Gasteiger partial charge in [0.2, 0.25) is 0 Å². The van der Waals surface area contributed by atoms with Gasteiger partial charge in [0.1, 0.15) is 0 Å². The number of hydrogen-bond acceptors (Lipinski definition) is 3. The third-order valence-corrected chi connectivity index (χ3v) is 3.95. The molecule has 1 atom stereocenters. The largest absolute Gasteiger partial charge is 0.381 e. The highest BCUT2D eigenvalue weighted by Crippen LogP contribution is 2.43. The lowest BCUT2D eigenvalue weighted by Gasteiger charge is -2.23. The Morgan fingerprint density at radius 1 is 1.53 bits per heavy atom. The van der Waals surface area contributed by atoms with Crippen LogP contribution in [0.1, 0.15) is 30.4 Å². The molecule has 2 N–H and O–H groups in total. The minimum Gasteiger partial charge on any atom is -0.381 e. The molecule has 0 fully saturated rings. The predicted molar refractivity (Wildman–Crippen MR) is 70.8 cm³/mol. The van der Waals surface area contributed by atoms with Gasteiger partial charge in [-0.25, -0.2) is 0 Å². The SMILES string of the molecule is CC[C@@H]1Cc2c(N)noc2-c2cc(Br)ccc21. The van der Waals surface area contributed by atoms with E-state index in [0.717, 1.165) is 34.2 Å². The molecular weight excluding hydrogens is 280 g/mol. The van der Waals surface area contributed by atoms with Crippen LogP contribution in [0.4, 0.5) is 5.82 Å². The second-order valence-corrected chi connectivity index (χ2v) is 5.33. The predicted octanol–water partition coefficient (Wildman–Crippen LogP) is 3.74. The van der Waals surface area contributed by atoms with E-state index in [0.29, 0.717) is 11.7 Å². The van der Waals surface area contributed by atoms with E-state index >= 15 is 0 Å². The van der Waals surface area contributed by atoms with Gasteiger partial charge in [-0.2, -0.15) is 0 Å². The number of anilines is 1. The van der Waals surface area contributed by atoms with Gasteiger partial charge in [0.05, 0.1) is 0 Å². The average molecular weight is 293 g/mol. The van der Waals surface area contributed by atoms with Gasteiger partial charge >= 0.3 is 0 Å². The van der Waals surface area contributed by atoms with Crippen molar-refractivity contribution in [3.8, 4) is 11.3 Å². The number of halogens is 1. The first-order chi connectivity index (χ1) is 8.20. The van der Waals surface area contributed by atoms with Gasteiger partial charge < -0.3 is 10.3 Å². The molecule has 0 bridgehead atoms. The van der Waals surface area contributed by atoms with Crippen molar-refractivity contribution < 1.29 is 4.52 Å². The molecule has 17 heavy (non-hydrogen) atoms. The van der Waals surface area contributed by atoms with Crippen LogP contribution in [0, 0.1) is 0 Å². The topological polar surface area (TPSA) is 52.0 Å². The molecule has 0 radical (unpaired) electrons. The van der Waals surface area contributed by atoms with Gasteiger partial charge in [-0.1, -0.05) is 34.1 Å². The Hall–Kier alpha value is -1.29. The summed E-state index contributed by atoms with van der Waals surface area (Å²) in [6, 6.07) is 6.32. The highest BCUT2D eigenvalue weighted by atomic mass is 79.9. The first kappa shape index (κ1) is 10.8. The van der Waals surface area contributed by atoms with Gasteiger partial charge in [-0.3, -0.25) is 0 Å². The van der Waals surface area contributed by atoms with E-state index in [9.17, 15) is 0 Å². The van der Waals surface area contributed by atoms with Crippen LogP contribution in [0.25, 0.3) is 11.3 Å². The maximum Gasteiger partial charge on any atom is 0.172 e. The Bertz CT molecular complexity index is 577. The zero-order chi connectivity index (χ0) is 12.0. The molecule has 2 aromatic rings. The molecule has 0 aliphatic heterocycles. The summed E-state index contributed by atoms with van der Waals surface area (Å²) >= 11 is 3.50. The fourth-order valence-corrected chi connectivity index (χ4v) is 2.89. The van der Waals surface area contributed by atoms with Gasteiger partial charge in [0.25, 0.3) is 0 Å². The van der Waals surface area contributed by atoms with Crippen molar-refractivity contribution in [3.63, 3.8) is 0 Å². The Morgan fingerprint density at radius 2 is 2.35 bits per heavy atom. The van der Waals surface area contributed by atoms with E-state index in [-0.39, 0.29) is 0 Å². The Morgan fingerprint density at radius 3 is 3.12 bits per heavy atom. The number of hydrogen-bond donors (Lipinski definition) is 1. The molecule has 0 saturated heterocycles.